The number of carboxylic acid groups (broad SMARTS) is 1. The Bertz CT molecular complexity index is 629. The van der Waals surface area contributed by atoms with Gasteiger partial charge in [-0.05, 0) is 36.5 Å². The van der Waals surface area contributed by atoms with Crippen LogP contribution >= 0.6 is 0 Å². The second-order valence-corrected chi connectivity index (χ2v) is 6.07. The van der Waals surface area contributed by atoms with Crippen molar-refractivity contribution in [1.29, 1.82) is 0 Å². The quantitative estimate of drug-likeness (QED) is 0.764. The van der Waals surface area contributed by atoms with E-state index >= 15 is 0 Å². The van der Waals surface area contributed by atoms with Gasteiger partial charge in [-0.25, -0.2) is 0 Å². The molecule has 0 spiro atoms. The number of aliphatic carboxylic acids is 1. The van der Waals surface area contributed by atoms with Crippen molar-refractivity contribution in [3.63, 3.8) is 0 Å². The van der Waals surface area contributed by atoms with Gasteiger partial charge in [0.15, 0.2) is 0 Å². The predicted molar refractivity (Wildman–Crippen MR) is 84.5 cm³/mol. The Morgan fingerprint density at radius 3 is 2.62 bits per heavy atom. The van der Waals surface area contributed by atoms with E-state index in [1.807, 2.05) is 0 Å². The maximum atomic E-state index is 12.2. The molecule has 1 aromatic carbocycles. The van der Waals surface area contributed by atoms with Gasteiger partial charge in [0.25, 0.3) is 0 Å². The molecule has 1 aliphatic rings. The van der Waals surface area contributed by atoms with Gasteiger partial charge in [-0.3, -0.25) is 9.59 Å². The van der Waals surface area contributed by atoms with E-state index in [2.05, 4.69) is 10.1 Å². The first-order valence-electron chi connectivity index (χ1n) is 8.16. The fourth-order valence-corrected chi connectivity index (χ4v) is 2.90. The molecule has 0 aromatic heterocycles. The van der Waals surface area contributed by atoms with Crippen LogP contribution in [-0.2, 0) is 20.7 Å². The van der Waals surface area contributed by atoms with Crippen molar-refractivity contribution in [2.45, 2.75) is 25.6 Å². The minimum atomic E-state index is -4.81. The lowest BCUT2D eigenvalue weighted by Crippen LogP contribution is -2.39. The van der Waals surface area contributed by atoms with Crippen LogP contribution < -0.4 is 10.1 Å². The third-order valence-corrected chi connectivity index (χ3v) is 4.17. The number of halogens is 3. The lowest BCUT2D eigenvalue weighted by atomic mass is 9.86. The highest BCUT2D eigenvalue weighted by molar-refractivity contribution is 5.79. The summed E-state index contributed by atoms with van der Waals surface area (Å²) >= 11 is 0. The molecule has 2 rings (SSSR count). The van der Waals surface area contributed by atoms with E-state index < -0.39 is 29.9 Å². The minimum absolute atomic E-state index is 0.0302. The molecule has 0 bridgehead atoms. The average Bonchev–Trinajstić information content (AvgIpc) is 2.54. The van der Waals surface area contributed by atoms with Gasteiger partial charge in [0, 0.05) is 19.8 Å². The summed E-state index contributed by atoms with van der Waals surface area (Å²) in [6, 6.07) is 5.11. The molecule has 6 nitrogen and oxygen atoms in total. The van der Waals surface area contributed by atoms with E-state index in [0.717, 1.165) is 12.1 Å². The second-order valence-electron chi connectivity index (χ2n) is 6.07. The molecule has 1 unspecified atom stereocenters. The van der Waals surface area contributed by atoms with Crippen LogP contribution in [-0.4, -0.2) is 43.1 Å². The summed E-state index contributed by atoms with van der Waals surface area (Å²) in [6.45, 7) is 0.959. The van der Waals surface area contributed by atoms with E-state index in [1.165, 1.54) is 12.1 Å². The molecule has 1 fully saturated rings. The largest absolute Gasteiger partial charge is 0.573 e. The van der Waals surface area contributed by atoms with Gasteiger partial charge in [0.05, 0.1) is 12.3 Å². The van der Waals surface area contributed by atoms with Crippen molar-refractivity contribution in [2.75, 3.05) is 19.8 Å². The molecule has 2 N–H and O–H groups in total. The number of ether oxygens (including phenoxy) is 2. The number of rotatable bonds is 7. The first-order chi connectivity index (χ1) is 12.2. The topological polar surface area (TPSA) is 84.9 Å². The molecule has 1 saturated heterocycles. The zero-order valence-corrected chi connectivity index (χ0v) is 13.9. The van der Waals surface area contributed by atoms with Crippen molar-refractivity contribution in [1.82, 2.24) is 5.32 Å². The van der Waals surface area contributed by atoms with Crippen molar-refractivity contribution in [3.05, 3.63) is 29.8 Å². The maximum absolute atomic E-state index is 12.2. The molecule has 0 aliphatic carbocycles. The van der Waals surface area contributed by atoms with Crippen LogP contribution in [0.4, 0.5) is 13.2 Å². The summed E-state index contributed by atoms with van der Waals surface area (Å²) in [6.07, 6.45) is -3.75. The molecule has 1 heterocycles. The fraction of sp³-hybridized carbons (Fsp3) is 0.529. The van der Waals surface area contributed by atoms with E-state index in [-0.39, 0.29) is 18.9 Å². The lowest BCUT2D eigenvalue weighted by molar-refractivity contribution is -0.274. The molecule has 26 heavy (non-hydrogen) atoms. The molecule has 9 heteroatoms. The summed E-state index contributed by atoms with van der Waals surface area (Å²) in [7, 11) is 0. The van der Waals surface area contributed by atoms with Gasteiger partial charge in [0.2, 0.25) is 5.91 Å². The highest BCUT2D eigenvalue weighted by Gasteiger charge is 2.31. The smallest absolute Gasteiger partial charge is 0.481 e. The van der Waals surface area contributed by atoms with Gasteiger partial charge < -0.3 is 19.9 Å². The number of nitrogens with one attached hydrogen (secondary N) is 1. The van der Waals surface area contributed by atoms with Crippen molar-refractivity contribution in [3.8, 4) is 5.75 Å². The van der Waals surface area contributed by atoms with Crippen LogP contribution in [0.5, 0.6) is 5.75 Å². The van der Waals surface area contributed by atoms with E-state index in [9.17, 15) is 27.9 Å². The Kier molecular flexibility index (Phi) is 6.84. The Morgan fingerprint density at radius 2 is 2.00 bits per heavy atom. The SMILES string of the molecule is O=C(Cc1cccc(OC(F)(F)F)c1)NCC(C(=O)O)C1CCOCC1. The number of carbonyl (C=O) groups is 2. The molecule has 1 atom stereocenters. The van der Waals surface area contributed by atoms with E-state index in [0.29, 0.717) is 31.6 Å². The standard InChI is InChI=1S/C17H20F3NO5/c18-17(19,20)26-13-3-1-2-11(8-13)9-15(22)21-10-14(16(23)24)12-4-6-25-7-5-12/h1-3,8,12,14H,4-7,9-10H2,(H,21,22)(H,23,24). The van der Waals surface area contributed by atoms with Crippen LogP contribution in [0.2, 0.25) is 0 Å². The number of hydrogen-bond acceptors (Lipinski definition) is 4. The van der Waals surface area contributed by atoms with Gasteiger partial charge in [-0.15, -0.1) is 13.2 Å². The van der Waals surface area contributed by atoms with Crippen molar-refractivity contribution < 1.29 is 37.3 Å². The summed E-state index contributed by atoms with van der Waals surface area (Å²) < 4.78 is 45.7. The summed E-state index contributed by atoms with van der Waals surface area (Å²) in [5.41, 5.74) is 0.335. The van der Waals surface area contributed by atoms with Crippen molar-refractivity contribution >= 4 is 11.9 Å². The summed E-state index contributed by atoms with van der Waals surface area (Å²) in [5.74, 6) is -2.66. The van der Waals surface area contributed by atoms with Crippen LogP contribution in [0.3, 0.4) is 0 Å². The third-order valence-electron chi connectivity index (χ3n) is 4.17. The second kappa shape index (κ2) is 8.88. The fourth-order valence-electron chi connectivity index (χ4n) is 2.90. The molecule has 1 amide bonds. The molecule has 1 aliphatic heterocycles. The lowest BCUT2D eigenvalue weighted by Gasteiger charge is -2.27. The number of benzene rings is 1. The highest BCUT2D eigenvalue weighted by atomic mass is 19.4. The molecule has 0 radical (unpaired) electrons. The first-order valence-corrected chi connectivity index (χ1v) is 8.16. The summed E-state index contributed by atoms with van der Waals surface area (Å²) in [5, 5.41) is 11.9. The Balaban J connectivity index is 1.89. The van der Waals surface area contributed by atoms with E-state index in [4.69, 9.17) is 4.74 Å². The van der Waals surface area contributed by atoms with Crippen LogP contribution in [0, 0.1) is 11.8 Å². The van der Waals surface area contributed by atoms with Crippen molar-refractivity contribution in [2.24, 2.45) is 11.8 Å². The number of alkyl halides is 3. The molecular formula is C17H20F3NO5. The Labute approximate surface area is 148 Å². The molecule has 0 saturated carbocycles. The van der Waals surface area contributed by atoms with E-state index in [1.54, 1.807) is 0 Å². The number of carboxylic acids is 1. The van der Waals surface area contributed by atoms with Gasteiger partial charge in [-0.2, -0.15) is 0 Å². The minimum Gasteiger partial charge on any atom is -0.481 e. The number of carbonyl (C=O) groups excluding carboxylic acids is 1. The zero-order valence-electron chi connectivity index (χ0n) is 13.9. The van der Waals surface area contributed by atoms with Gasteiger partial charge in [-0.1, -0.05) is 12.1 Å². The Morgan fingerprint density at radius 1 is 1.31 bits per heavy atom. The van der Waals surface area contributed by atoms with Gasteiger partial charge >= 0.3 is 12.3 Å². The highest BCUT2D eigenvalue weighted by Crippen LogP contribution is 2.25. The summed E-state index contributed by atoms with van der Waals surface area (Å²) in [4.78, 5) is 23.5. The third kappa shape index (κ3) is 6.55. The molecular weight excluding hydrogens is 355 g/mol. The van der Waals surface area contributed by atoms with Crippen LogP contribution in [0.15, 0.2) is 24.3 Å². The normalized spacial score (nSPS) is 16.7. The first kappa shape index (κ1) is 20.0. The number of hydrogen-bond donors (Lipinski definition) is 2. The molecule has 1 aromatic rings. The number of amides is 1. The average molecular weight is 375 g/mol. The monoisotopic (exact) mass is 375 g/mol. The zero-order chi connectivity index (χ0) is 19.2. The maximum Gasteiger partial charge on any atom is 0.573 e. The molecule has 144 valence electrons. The van der Waals surface area contributed by atoms with Crippen LogP contribution in [0.1, 0.15) is 18.4 Å². The Hall–Kier alpha value is -2.29. The van der Waals surface area contributed by atoms with Crippen LogP contribution in [0.25, 0.3) is 0 Å². The predicted octanol–water partition coefficient (Wildman–Crippen LogP) is 2.37. The van der Waals surface area contributed by atoms with Gasteiger partial charge in [0.1, 0.15) is 5.75 Å².